The van der Waals surface area contributed by atoms with E-state index in [1.165, 1.54) is 0 Å². The maximum Gasteiger partial charge on any atom is 0.142 e. The molecule has 1 atom stereocenters. The molecule has 0 saturated carbocycles. The molecule has 0 fully saturated rings. The Balaban J connectivity index is 1.63. The lowest BCUT2D eigenvalue weighted by molar-refractivity contribution is -0.118. The Kier molecular flexibility index (Phi) is 7.72. The highest BCUT2D eigenvalue weighted by Gasteiger charge is 2.15. The van der Waals surface area contributed by atoms with Crippen LogP contribution in [0.5, 0.6) is 0 Å². The van der Waals surface area contributed by atoms with E-state index < -0.39 is 0 Å². The smallest absolute Gasteiger partial charge is 0.142 e. The number of hydrogen-bond donors (Lipinski definition) is 1. The number of carbonyl (C=O) groups excluding carboxylic acids is 1. The highest BCUT2D eigenvalue weighted by Crippen LogP contribution is 2.15. The minimum absolute atomic E-state index is 0.0549. The number of ketones is 1. The molecule has 0 spiro atoms. The Labute approximate surface area is 172 Å². The predicted octanol–water partition coefficient (Wildman–Crippen LogP) is 4.85. The van der Waals surface area contributed by atoms with Crippen LogP contribution in [-0.4, -0.2) is 11.5 Å². The van der Waals surface area contributed by atoms with Gasteiger partial charge in [0, 0.05) is 25.3 Å². The number of rotatable bonds is 10. The molecule has 0 aliphatic heterocycles. The molecule has 3 aromatic rings. The van der Waals surface area contributed by atoms with Crippen LogP contribution in [0.15, 0.2) is 96.2 Å². The zero-order chi connectivity index (χ0) is 20.3. The van der Waals surface area contributed by atoms with Crippen molar-refractivity contribution in [3.8, 4) is 0 Å². The van der Waals surface area contributed by atoms with Crippen molar-refractivity contribution in [1.29, 1.82) is 0 Å². The van der Waals surface area contributed by atoms with Gasteiger partial charge in [-0.25, -0.2) is 0 Å². The maximum atomic E-state index is 12.6. The summed E-state index contributed by atoms with van der Waals surface area (Å²) in [4.78, 5) is 18.2. The minimum atomic E-state index is -0.313. The molecule has 0 aliphatic rings. The van der Waals surface area contributed by atoms with Crippen LogP contribution in [0.25, 0.3) is 0 Å². The molecular formula is C25H26N2O2. The Morgan fingerprint density at radius 2 is 1.38 bits per heavy atom. The third-order valence-corrected chi connectivity index (χ3v) is 4.60. The number of oxime groups is 1. The monoisotopic (exact) mass is 386 g/mol. The molecule has 4 heteroatoms. The van der Waals surface area contributed by atoms with E-state index in [2.05, 4.69) is 5.16 Å². The van der Waals surface area contributed by atoms with Crippen LogP contribution in [0, 0.1) is 0 Å². The van der Waals surface area contributed by atoms with E-state index in [1.54, 1.807) is 0 Å². The molecule has 0 bridgehead atoms. The van der Waals surface area contributed by atoms with Crippen molar-refractivity contribution in [2.45, 2.75) is 31.9 Å². The summed E-state index contributed by atoms with van der Waals surface area (Å²) in [5, 5.41) is 4.29. The summed E-state index contributed by atoms with van der Waals surface area (Å²) in [5.41, 5.74) is 10.0. The van der Waals surface area contributed by atoms with E-state index in [-0.39, 0.29) is 24.7 Å². The zero-order valence-corrected chi connectivity index (χ0v) is 16.4. The highest BCUT2D eigenvalue weighted by molar-refractivity contribution is 6.02. The van der Waals surface area contributed by atoms with E-state index in [0.717, 1.165) is 16.7 Å². The van der Waals surface area contributed by atoms with E-state index >= 15 is 0 Å². The summed E-state index contributed by atoms with van der Waals surface area (Å²) >= 11 is 0. The van der Waals surface area contributed by atoms with Crippen molar-refractivity contribution in [3.05, 3.63) is 108 Å². The Morgan fingerprint density at radius 3 is 2.00 bits per heavy atom. The summed E-state index contributed by atoms with van der Waals surface area (Å²) < 4.78 is 0. The maximum absolute atomic E-state index is 12.6. The van der Waals surface area contributed by atoms with Crippen molar-refractivity contribution in [3.63, 3.8) is 0 Å². The Bertz CT molecular complexity index is 909. The standard InChI is InChI=1S/C25H26N2O2/c26-25(22-14-8-3-9-15-22)18-24(28)17-23(16-20-10-4-1-5-11-20)27-29-19-21-12-6-2-7-13-21/h1-15,25H,16-19,26H2. The largest absolute Gasteiger partial charge is 0.391 e. The summed E-state index contributed by atoms with van der Waals surface area (Å²) in [6.45, 7) is 0.372. The quantitative estimate of drug-likeness (QED) is 0.400. The average Bonchev–Trinajstić information content (AvgIpc) is 2.75. The molecular weight excluding hydrogens is 360 g/mol. The zero-order valence-electron chi connectivity index (χ0n) is 16.4. The van der Waals surface area contributed by atoms with Crippen molar-refractivity contribution >= 4 is 11.5 Å². The molecule has 148 valence electrons. The molecule has 3 rings (SSSR count). The fraction of sp³-hybridized carbons (Fsp3) is 0.200. The van der Waals surface area contributed by atoms with E-state index in [0.29, 0.717) is 18.7 Å². The fourth-order valence-electron chi connectivity index (χ4n) is 3.09. The van der Waals surface area contributed by atoms with Crippen LogP contribution < -0.4 is 5.73 Å². The van der Waals surface area contributed by atoms with Gasteiger partial charge in [0.05, 0.1) is 5.71 Å². The van der Waals surface area contributed by atoms with Gasteiger partial charge in [0.25, 0.3) is 0 Å². The van der Waals surface area contributed by atoms with Gasteiger partial charge in [-0.2, -0.15) is 0 Å². The van der Waals surface area contributed by atoms with Crippen LogP contribution in [-0.2, 0) is 22.7 Å². The molecule has 0 amide bonds. The van der Waals surface area contributed by atoms with Crippen LogP contribution in [0.4, 0.5) is 0 Å². The van der Waals surface area contributed by atoms with Gasteiger partial charge in [-0.15, -0.1) is 0 Å². The molecule has 3 aromatic carbocycles. The number of Topliss-reactive ketones (excluding diaryl/α,β-unsaturated/α-hetero) is 1. The topological polar surface area (TPSA) is 64.7 Å². The predicted molar refractivity (Wildman–Crippen MR) is 116 cm³/mol. The first-order chi connectivity index (χ1) is 14.2. The average molecular weight is 386 g/mol. The SMILES string of the molecule is NC(CC(=O)CC(Cc1ccccc1)=NOCc1ccccc1)c1ccccc1. The van der Waals surface area contributed by atoms with Crippen LogP contribution in [0.2, 0.25) is 0 Å². The lowest BCUT2D eigenvalue weighted by Gasteiger charge is -2.12. The molecule has 4 nitrogen and oxygen atoms in total. The molecule has 0 saturated heterocycles. The van der Waals surface area contributed by atoms with Crippen molar-refractivity contribution < 1.29 is 9.63 Å². The van der Waals surface area contributed by atoms with E-state index in [1.807, 2.05) is 91.0 Å². The molecule has 0 radical (unpaired) electrons. The van der Waals surface area contributed by atoms with Crippen LogP contribution in [0.1, 0.15) is 35.6 Å². The third-order valence-electron chi connectivity index (χ3n) is 4.60. The van der Waals surface area contributed by atoms with Crippen LogP contribution in [0.3, 0.4) is 0 Å². The van der Waals surface area contributed by atoms with Gasteiger partial charge < -0.3 is 10.6 Å². The molecule has 0 aromatic heterocycles. The number of nitrogens with zero attached hydrogens (tertiary/aromatic N) is 1. The van der Waals surface area contributed by atoms with Gasteiger partial charge in [0.1, 0.15) is 12.4 Å². The van der Waals surface area contributed by atoms with Crippen molar-refractivity contribution in [2.75, 3.05) is 0 Å². The number of hydrogen-bond acceptors (Lipinski definition) is 4. The first-order valence-corrected chi connectivity index (χ1v) is 9.78. The molecule has 1 unspecified atom stereocenters. The lowest BCUT2D eigenvalue weighted by atomic mass is 9.98. The summed E-state index contributed by atoms with van der Waals surface area (Å²) in [6.07, 6.45) is 1.07. The van der Waals surface area contributed by atoms with Crippen LogP contribution >= 0.6 is 0 Å². The second-order valence-electron chi connectivity index (χ2n) is 7.02. The number of carbonyl (C=O) groups is 1. The van der Waals surface area contributed by atoms with Crippen molar-refractivity contribution in [1.82, 2.24) is 0 Å². The highest BCUT2D eigenvalue weighted by atomic mass is 16.6. The van der Waals surface area contributed by atoms with Gasteiger partial charge >= 0.3 is 0 Å². The van der Waals surface area contributed by atoms with Gasteiger partial charge in [-0.1, -0.05) is 96.2 Å². The second-order valence-corrected chi connectivity index (χ2v) is 7.02. The van der Waals surface area contributed by atoms with Gasteiger partial charge in [0.2, 0.25) is 0 Å². The summed E-state index contributed by atoms with van der Waals surface area (Å²) in [5.74, 6) is 0.0549. The van der Waals surface area contributed by atoms with Gasteiger partial charge in [-0.05, 0) is 16.7 Å². The Morgan fingerprint density at radius 1 is 0.828 bits per heavy atom. The minimum Gasteiger partial charge on any atom is -0.391 e. The number of nitrogens with two attached hydrogens (primary N) is 1. The normalized spacial score (nSPS) is 12.4. The third kappa shape index (κ3) is 7.01. The number of benzene rings is 3. The molecule has 0 heterocycles. The molecule has 0 aliphatic carbocycles. The first-order valence-electron chi connectivity index (χ1n) is 9.78. The summed E-state index contributed by atoms with van der Waals surface area (Å²) in [7, 11) is 0. The van der Waals surface area contributed by atoms with Crippen molar-refractivity contribution in [2.24, 2.45) is 10.9 Å². The second kappa shape index (κ2) is 10.9. The summed E-state index contributed by atoms with van der Waals surface area (Å²) in [6, 6.07) is 29.2. The van der Waals surface area contributed by atoms with Gasteiger partial charge in [-0.3, -0.25) is 4.79 Å². The van der Waals surface area contributed by atoms with Gasteiger partial charge in [0.15, 0.2) is 0 Å². The van der Waals surface area contributed by atoms with E-state index in [9.17, 15) is 4.79 Å². The molecule has 29 heavy (non-hydrogen) atoms. The fourth-order valence-corrected chi connectivity index (χ4v) is 3.09. The molecule has 2 N–H and O–H groups in total. The Hall–Kier alpha value is -3.24. The van der Waals surface area contributed by atoms with E-state index in [4.69, 9.17) is 10.6 Å². The lowest BCUT2D eigenvalue weighted by Crippen LogP contribution is -2.18. The first kappa shape index (κ1) is 20.5.